The fraction of sp³-hybridized carbons (Fsp3) is 0.154. The molecule has 0 bridgehead atoms. The molecule has 0 atom stereocenters. The van der Waals surface area contributed by atoms with Gasteiger partial charge in [-0.25, -0.2) is 0 Å². The van der Waals surface area contributed by atoms with Crippen LogP contribution in [-0.2, 0) is 0 Å². The summed E-state index contributed by atoms with van der Waals surface area (Å²) < 4.78 is 0.943. The Balaban J connectivity index is 2.96. The molecule has 4 heteroatoms. The molecule has 90 valence electrons. The monoisotopic (exact) mass is 311 g/mol. The quantitative estimate of drug-likeness (QED) is 0.762. The van der Waals surface area contributed by atoms with Gasteiger partial charge in [-0.2, -0.15) is 0 Å². The van der Waals surface area contributed by atoms with Gasteiger partial charge in [0.2, 0.25) is 0 Å². The first-order valence-corrected chi connectivity index (χ1v) is 6.59. The highest BCUT2D eigenvalue weighted by Crippen LogP contribution is 2.24. The minimum Gasteiger partial charge on any atom is -0.311 e. The van der Waals surface area contributed by atoms with Crippen LogP contribution in [0.15, 0.2) is 52.5 Å². The first-order valence-electron chi connectivity index (χ1n) is 4.98. The second-order valence-electron chi connectivity index (χ2n) is 3.59. The molecule has 1 aromatic rings. The van der Waals surface area contributed by atoms with Crippen LogP contribution in [-0.4, -0.2) is 17.9 Å². The summed E-state index contributed by atoms with van der Waals surface area (Å²) in [5, 5.41) is 0. The van der Waals surface area contributed by atoms with Crippen molar-refractivity contribution in [2.24, 2.45) is 0 Å². The first-order chi connectivity index (χ1) is 7.95. The van der Waals surface area contributed by atoms with Gasteiger partial charge in [0.25, 0.3) is 5.91 Å². The molecular weight excluding hydrogens is 298 g/mol. The fourth-order valence-corrected chi connectivity index (χ4v) is 2.62. The lowest BCUT2D eigenvalue weighted by Crippen LogP contribution is -2.24. The minimum atomic E-state index is -0.0481. The van der Waals surface area contributed by atoms with E-state index in [2.05, 4.69) is 29.1 Å². The number of halogens is 1. The van der Waals surface area contributed by atoms with E-state index in [9.17, 15) is 4.79 Å². The molecule has 0 saturated carbocycles. The molecule has 1 amide bonds. The Morgan fingerprint density at radius 2 is 2.18 bits per heavy atom. The van der Waals surface area contributed by atoms with E-state index >= 15 is 0 Å². The first kappa shape index (κ1) is 13.9. The number of hydrogen-bond acceptors (Lipinski definition) is 2. The Kier molecular flexibility index (Phi) is 4.90. The van der Waals surface area contributed by atoms with Crippen molar-refractivity contribution >= 4 is 33.2 Å². The van der Waals surface area contributed by atoms with Crippen LogP contribution in [0.4, 0.5) is 0 Å². The third-order valence-electron chi connectivity index (χ3n) is 2.08. The number of likely N-dealkylation sites (N-methyl/N-ethyl adjacent to an activating group) is 1. The average Bonchev–Trinajstić information content (AvgIpc) is 2.70. The van der Waals surface area contributed by atoms with E-state index in [0.29, 0.717) is 4.88 Å². The van der Waals surface area contributed by atoms with Crippen molar-refractivity contribution in [2.45, 2.75) is 6.92 Å². The molecule has 0 aliphatic rings. The van der Waals surface area contributed by atoms with E-state index in [1.54, 1.807) is 24.1 Å². The van der Waals surface area contributed by atoms with Gasteiger partial charge in [-0.15, -0.1) is 11.3 Å². The number of carbonyl (C=O) groups excluding carboxylic acids is 1. The van der Waals surface area contributed by atoms with Gasteiger partial charge in [0.15, 0.2) is 0 Å². The molecule has 0 fully saturated rings. The standard InChI is InChI=1S/C13H14BrNOS/c1-5-10(8-9(2)3)15(4)13(16)11-6-7-12(14)17-11/h5-8H,1-2H2,3-4H3/b10-8+. The summed E-state index contributed by atoms with van der Waals surface area (Å²) in [5.41, 5.74) is 1.62. The van der Waals surface area contributed by atoms with Crippen molar-refractivity contribution < 1.29 is 4.79 Å². The van der Waals surface area contributed by atoms with Crippen LogP contribution >= 0.6 is 27.3 Å². The lowest BCUT2D eigenvalue weighted by Gasteiger charge is -2.17. The Morgan fingerprint density at radius 1 is 1.53 bits per heavy atom. The maximum Gasteiger partial charge on any atom is 0.268 e. The molecule has 0 aliphatic carbocycles. The van der Waals surface area contributed by atoms with Crippen LogP contribution < -0.4 is 0 Å². The van der Waals surface area contributed by atoms with Crippen molar-refractivity contribution in [1.29, 1.82) is 0 Å². The van der Waals surface area contributed by atoms with Gasteiger partial charge in [-0.05, 0) is 47.1 Å². The summed E-state index contributed by atoms with van der Waals surface area (Å²) in [6.07, 6.45) is 3.47. The zero-order chi connectivity index (χ0) is 13.0. The van der Waals surface area contributed by atoms with Crippen molar-refractivity contribution in [3.63, 3.8) is 0 Å². The number of amides is 1. The lowest BCUT2D eigenvalue weighted by molar-refractivity contribution is 0.0845. The smallest absolute Gasteiger partial charge is 0.268 e. The molecule has 0 spiro atoms. The second-order valence-corrected chi connectivity index (χ2v) is 6.05. The highest BCUT2D eigenvalue weighted by molar-refractivity contribution is 9.11. The number of thiophene rings is 1. The summed E-state index contributed by atoms with van der Waals surface area (Å²) in [5.74, 6) is -0.0481. The highest BCUT2D eigenvalue weighted by Gasteiger charge is 2.15. The van der Waals surface area contributed by atoms with Gasteiger partial charge < -0.3 is 4.90 Å². The Bertz CT molecular complexity index is 487. The van der Waals surface area contributed by atoms with Gasteiger partial charge in [-0.3, -0.25) is 4.79 Å². The van der Waals surface area contributed by atoms with E-state index in [4.69, 9.17) is 0 Å². The van der Waals surface area contributed by atoms with Crippen LogP contribution in [0, 0.1) is 0 Å². The van der Waals surface area contributed by atoms with Crippen LogP contribution in [0.1, 0.15) is 16.6 Å². The number of nitrogens with zero attached hydrogens (tertiary/aromatic N) is 1. The van der Waals surface area contributed by atoms with Crippen molar-refractivity contribution in [3.8, 4) is 0 Å². The van der Waals surface area contributed by atoms with Gasteiger partial charge >= 0.3 is 0 Å². The summed E-state index contributed by atoms with van der Waals surface area (Å²) in [6.45, 7) is 9.38. The molecule has 0 saturated heterocycles. The van der Waals surface area contributed by atoms with Crippen LogP contribution in [0.2, 0.25) is 0 Å². The number of hydrogen-bond donors (Lipinski definition) is 0. The van der Waals surface area contributed by atoms with Crippen LogP contribution in [0.25, 0.3) is 0 Å². The fourth-order valence-electron chi connectivity index (χ4n) is 1.26. The molecule has 0 radical (unpaired) electrons. The molecule has 2 nitrogen and oxygen atoms in total. The molecule has 1 heterocycles. The van der Waals surface area contributed by atoms with Crippen LogP contribution in [0.3, 0.4) is 0 Å². The topological polar surface area (TPSA) is 20.3 Å². The van der Waals surface area contributed by atoms with Gasteiger partial charge in [-0.1, -0.05) is 18.7 Å². The lowest BCUT2D eigenvalue weighted by atomic mass is 10.2. The largest absolute Gasteiger partial charge is 0.311 e. The molecule has 17 heavy (non-hydrogen) atoms. The zero-order valence-electron chi connectivity index (χ0n) is 9.87. The summed E-state index contributed by atoms with van der Waals surface area (Å²) in [4.78, 5) is 14.4. The van der Waals surface area contributed by atoms with Crippen molar-refractivity contribution in [1.82, 2.24) is 4.90 Å². The van der Waals surface area contributed by atoms with Gasteiger partial charge in [0.05, 0.1) is 8.66 Å². The van der Waals surface area contributed by atoms with E-state index < -0.39 is 0 Å². The van der Waals surface area contributed by atoms with Gasteiger partial charge in [0.1, 0.15) is 0 Å². The van der Waals surface area contributed by atoms with E-state index in [1.165, 1.54) is 11.3 Å². The van der Waals surface area contributed by atoms with E-state index in [-0.39, 0.29) is 5.91 Å². The molecule has 1 aromatic heterocycles. The van der Waals surface area contributed by atoms with E-state index in [1.807, 2.05) is 19.1 Å². The minimum absolute atomic E-state index is 0.0481. The van der Waals surface area contributed by atoms with Crippen molar-refractivity contribution in [2.75, 3.05) is 7.05 Å². The summed E-state index contributed by atoms with van der Waals surface area (Å²) in [7, 11) is 1.73. The SMILES string of the molecule is C=C/C(=C\C(=C)C)N(C)C(=O)c1ccc(Br)s1. The summed E-state index contributed by atoms with van der Waals surface area (Å²) >= 11 is 4.76. The normalized spacial score (nSPS) is 11.1. The molecule has 1 rings (SSSR count). The summed E-state index contributed by atoms with van der Waals surface area (Å²) in [6, 6.07) is 3.66. The highest BCUT2D eigenvalue weighted by atomic mass is 79.9. The third-order valence-corrected chi connectivity index (χ3v) is 3.69. The van der Waals surface area contributed by atoms with Gasteiger partial charge in [0, 0.05) is 12.7 Å². The predicted octanol–water partition coefficient (Wildman–Crippen LogP) is 4.23. The predicted molar refractivity (Wildman–Crippen MR) is 77.2 cm³/mol. The number of carbonyl (C=O) groups is 1. The van der Waals surface area contributed by atoms with E-state index in [0.717, 1.165) is 15.1 Å². The molecule has 0 aliphatic heterocycles. The average molecular weight is 312 g/mol. The molecule has 0 unspecified atom stereocenters. The zero-order valence-corrected chi connectivity index (χ0v) is 12.3. The third kappa shape index (κ3) is 3.68. The van der Waals surface area contributed by atoms with Crippen LogP contribution in [0.5, 0.6) is 0 Å². The maximum atomic E-state index is 12.1. The number of allylic oxidation sites excluding steroid dienone is 3. The van der Waals surface area contributed by atoms with Crippen molar-refractivity contribution in [3.05, 3.63) is 57.4 Å². The second kappa shape index (κ2) is 5.98. The maximum absolute atomic E-state index is 12.1. The molecule has 0 aromatic carbocycles. The molecular formula is C13H14BrNOS. The molecule has 0 N–H and O–H groups in total. The number of rotatable bonds is 4. The Morgan fingerprint density at radius 3 is 2.59 bits per heavy atom. The Labute approximate surface area is 114 Å². The Hall–Kier alpha value is -1.13.